The molecule has 0 saturated heterocycles. The van der Waals surface area contributed by atoms with Gasteiger partial charge in [-0.25, -0.2) is 8.42 Å². The van der Waals surface area contributed by atoms with Crippen LogP contribution in [0.4, 0.5) is 0 Å². The zero-order valence-corrected chi connectivity index (χ0v) is 11.2. The summed E-state index contributed by atoms with van der Waals surface area (Å²) in [5.74, 6) is 0.782. The Labute approximate surface area is 101 Å². The van der Waals surface area contributed by atoms with Crippen molar-refractivity contribution in [3.63, 3.8) is 0 Å². The average Bonchev–Trinajstić information content (AvgIpc) is 2.18. The van der Waals surface area contributed by atoms with Crippen molar-refractivity contribution in [2.45, 2.75) is 18.4 Å². The quantitative estimate of drug-likeness (QED) is 0.816. The van der Waals surface area contributed by atoms with Crippen molar-refractivity contribution in [2.75, 3.05) is 17.8 Å². The van der Waals surface area contributed by atoms with Gasteiger partial charge in [0.1, 0.15) is 9.84 Å². The van der Waals surface area contributed by atoms with Gasteiger partial charge < -0.3 is 5.73 Å². The molecule has 0 unspecified atom stereocenters. The van der Waals surface area contributed by atoms with E-state index in [1.165, 1.54) is 11.8 Å². The molecule has 0 heterocycles. The monoisotopic (exact) mass is 259 g/mol. The first-order valence-corrected chi connectivity index (χ1v) is 8.07. The van der Waals surface area contributed by atoms with Crippen molar-refractivity contribution >= 4 is 21.6 Å². The van der Waals surface area contributed by atoms with Gasteiger partial charge in [-0.15, -0.1) is 11.8 Å². The maximum absolute atomic E-state index is 11.0. The fourth-order valence-electron chi connectivity index (χ4n) is 1.31. The van der Waals surface area contributed by atoms with Crippen LogP contribution < -0.4 is 5.73 Å². The highest BCUT2D eigenvalue weighted by atomic mass is 32.2. The van der Waals surface area contributed by atoms with Gasteiger partial charge in [-0.05, 0) is 18.6 Å². The number of sulfone groups is 1. The lowest BCUT2D eigenvalue weighted by atomic mass is 10.1. The largest absolute Gasteiger partial charge is 0.326 e. The highest BCUT2D eigenvalue weighted by molar-refractivity contribution is 8.00. The van der Waals surface area contributed by atoms with E-state index >= 15 is 0 Å². The molecular formula is C11H17NO2S2. The molecule has 90 valence electrons. The third-order valence-electron chi connectivity index (χ3n) is 2.15. The Bertz CT molecular complexity index is 455. The second-order valence-electron chi connectivity index (χ2n) is 3.79. The number of aryl methyl sites for hydroxylation is 1. The summed E-state index contributed by atoms with van der Waals surface area (Å²) in [5, 5.41) is 0. The van der Waals surface area contributed by atoms with E-state index in [0.717, 1.165) is 10.5 Å². The van der Waals surface area contributed by atoms with Gasteiger partial charge in [0, 0.05) is 23.4 Å². The van der Waals surface area contributed by atoms with E-state index < -0.39 is 9.84 Å². The lowest BCUT2D eigenvalue weighted by Crippen LogP contribution is -2.06. The molecule has 16 heavy (non-hydrogen) atoms. The third kappa shape index (κ3) is 4.55. The molecule has 3 nitrogen and oxygen atoms in total. The Hall–Kier alpha value is -0.520. The number of hydrogen-bond donors (Lipinski definition) is 1. The lowest BCUT2D eigenvalue weighted by Gasteiger charge is -2.08. The summed E-state index contributed by atoms with van der Waals surface area (Å²) in [6.07, 6.45) is 1.26. The molecule has 1 aromatic carbocycles. The predicted octanol–water partition coefficient (Wildman–Crippen LogP) is 1.59. The minimum atomic E-state index is -2.87. The van der Waals surface area contributed by atoms with Crippen LogP contribution in [0.1, 0.15) is 11.1 Å². The summed E-state index contributed by atoms with van der Waals surface area (Å²) < 4.78 is 22.0. The smallest absolute Gasteiger partial charge is 0.148 e. The number of thioether (sulfide) groups is 1. The van der Waals surface area contributed by atoms with E-state index in [2.05, 4.69) is 0 Å². The van der Waals surface area contributed by atoms with Gasteiger partial charge in [-0.2, -0.15) is 0 Å². The fraction of sp³-hybridized carbons (Fsp3) is 0.455. The molecule has 0 fully saturated rings. The molecule has 0 atom stereocenters. The normalized spacial score (nSPS) is 11.7. The van der Waals surface area contributed by atoms with Crippen LogP contribution in [0, 0.1) is 6.92 Å². The maximum Gasteiger partial charge on any atom is 0.148 e. The van der Waals surface area contributed by atoms with Crippen LogP contribution in [0.25, 0.3) is 0 Å². The molecule has 1 rings (SSSR count). The Morgan fingerprint density at radius 3 is 2.62 bits per heavy atom. The van der Waals surface area contributed by atoms with Gasteiger partial charge >= 0.3 is 0 Å². The van der Waals surface area contributed by atoms with Crippen LogP contribution in [0.3, 0.4) is 0 Å². The SMILES string of the molecule is Cc1ccc(SCCS(C)(=O)=O)c(CN)c1. The van der Waals surface area contributed by atoms with E-state index in [1.54, 1.807) is 11.8 Å². The topological polar surface area (TPSA) is 60.2 Å². The summed E-state index contributed by atoms with van der Waals surface area (Å²) in [7, 11) is -2.87. The van der Waals surface area contributed by atoms with Crippen LogP contribution in [0.15, 0.2) is 23.1 Å². The van der Waals surface area contributed by atoms with E-state index in [4.69, 9.17) is 5.73 Å². The summed E-state index contributed by atoms with van der Waals surface area (Å²) >= 11 is 1.55. The van der Waals surface area contributed by atoms with E-state index in [0.29, 0.717) is 12.3 Å². The molecule has 0 radical (unpaired) electrons. The average molecular weight is 259 g/mol. The molecule has 0 aromatic heterocycles. The maximum atomic E-state index is 11.0. The molecule has 0 aliphatic rings. The standard InChI is InChI=1S/C11H17NO2S2/c1-9-3-4-11(10(7-9)8-12)15-5-6-16(2,13)14/h3-4,7H,5-6,8,12H2,1-2H3. The molecule has 5 heteroatoms. The zero-order valence-electron chi connectivity index (χ0n) is 9.56. The molecular weight excluding hydrogens is 242 g/mol. The molecule has 1 aromatic rings. The van der Waals surface area contributed by atoms with Crippen molar-refractivity contribution in [2.24, 2.45) is 5.73 Å². The van der Waals surface area contributed by atoms with Crippen LogP contribution in [-0.2, 0) is 16.4 Å². The Balaban J connectivity index is 2.67. The van der Waals surface area contributed by atoms with Gasteiger partial charge in [0.25, 0.3) is 0 Å². The Morgan fingerprint density at radius 2 is 2.06 bits per heavy atom. The van der Waals surface area contributed by atoms with E-state index in [-0.39, 0.29) is 5.75 Å². The molecule has 0 bridgehead atoms. The first-order chi connectivity index (χ1) is 7.42. The lowest BCUT2D eigenvalue weighted by molar-refractivity contribution is 0.603. The summed E-state index contributed by atoms with van der Waals surface area (Å²) in [6, 6.07) is 6.06. The summed E-state index contributed by atoms with van der Waals surface area (Å²) in [6.45, 7) is 2.51. The second kappa shape index (κ2) is 5.70. The minimum Gasteiger partial charge on any atom is -0.326 e. The second-order valence-corrected chi connectivity index (χ2v) is 7.19. The van der Waals surface area contributed by atoms with Crippen molar-refractivity contribution in [1.29, 1.82) is 0 Å². The van der Waals surface area contributed by atoms with Crippen LogP contribution in [0.5, 0.6) is 0 Å². The highest BCUT2D eigenvalue weighted by Crippen LogP contribution is 2.23. The van der Waals surface area contributed by atoms with Crippen molar-refractivity contribution in [1.82, 2.24) is 0 Å². The summed E-state index contributed by atoms with van der Waals surface area (Å²) in [5.41, 5.74) is 7.90. The number of benzene rings is 1. The summed E-state index contributed by atoms with van der Waals surface area (Å²) in [4.78, 5) is 1.08. The molecule has 2 N–H and O–H groups in total. The molecule has 0 spiro atoms. The zero-order chi connectivity index (χ0) is 12.2. The van der Waals surface area contributed by atoms with E-state index in [9.17, 15) is 8.42 Å². The van der Waals surface area contributed by atoms with E-state index in [1.807, 2.05) is 25.1 Å². The van der Waals surface area contributed by atoms with Gasteiger partial charge in [-0.1, -0.05) is 17.7 Å². The van der Waals surface area contributed by atoms with Gasteiger partial charge in [0.15, 0.2) is 0 Å². The van der Waals surface area contributed by atoms with Crippen LogP contribution >= 0.6 is 11.8 Å². The van der Waals surface area contributed by atoms with Gasteiger partial charge in [0.05, 0.1) is 5.75 Å². The number of nitrogens with two attached hydrogens (primary N) is 1. The highest BCUT2D eigenvalue weighted by Gasteiger charge is 2.05. The first kappa shape index (κ1) is 13.5. The number of rotatable bonds is 5. The molecule has 0 aliphatic carbocycles. The third-order valence-corrected chi connectivity index (χ3v) is 4.47. The van der Waals surface area contributed by atoms with Crippen LogP contribution in [-0.4, -0.2) is 26.2 Å². The van der Waals surface area contributed by atoms with Gasteiger partial charge in [-0.3, -0.25) is 0 Å². The Kier molecular flexibility index (Phi) is 4.83. The van der Waals surface area contributed by atoms with Crippen LogP contribution in [0.2, 0.25) is 0 Å². The predicted molar refractivity (Wildman–Crippen MR) is 69.5 cm³/mol. The molecule has 0 amide bonds. The minimum absolute atomic E-state index is 0.204. The van der Waals surface area contributed by atoms with Gasteiger partial charge in [0.2, 0.25) is 0 Å². The first-order valence-electron chi connectivity index (χ1n) is 5.02. The number of hydrogen-bond acceptors (Lipinski definition) is 4. The molecule has 0 aliphatic heterocycles. The molecule has 0 saturated carbocycles. The van der Waals surface area contributed by atoms with Crippen molar-refractivity contribution in [3.8, 4) is 0 Å². The Morgan fingerprint density at radius 1 is 1.38 bits per heavy atom. The fourth-order valence-corrected chi connectivity index (χ4v) is 3.57. The van der Waals surface area contributed by atoms with Crippen molar-refractivity contribution in [3.05, 3.63) is 29.3 Å². The van der Waals surface area contributed by atoms with Crippen molar-refractivity contribution < 1.29 is 8.42 Å².